The average Bonchev–Trinajstić information content (AvgIpc) is 3.31. The average molecular weight is 444 g/mol. The van der Waals surface area contributed by atoms with E-state index in [1.807, 2.05) is 31.2 Å². The van der Waals surface area contributed by atoms with Crippen molar-refractivity contribution in [2.24, 2.45) is 5.14 Å². The van der Waals surface area contributed by atoms with Gasteiger partial charge in [0.15, 0.2) is 5.16 Å². The Bertz CT molecular complexity index is 1290. The van der Waals surface area contributed by atoms with E-state index in [2.05, 4.69) is 26.6 Å². The van der Waals surface area contributed by atoms with Crippen molar-refractivity contribution in [1.29, 1.82) is 0 Å². The summed E-state index contributed by atoms with van der Waals surface area (Å²) in [5.41, 5.74) is 3.51. The molecule has 0 saturated carbocycles. The number of aryl methyl sites for hydroxylation is 2. The van der Waals surface area contributed by atoms with Crippen molar-refractivity contribution >= 4 is 32.8 Å². The van der Waals surface area contributed by atoms with Crippen LogP contribution in [0.1, 0.15) is 24.8 Å². The maximum absolute atomic E-state index is 11.7. The molecule has 0 aliphatic heterocycles. The van der Waals surface area contributed by atoms with Gasteiger partial charge in [-0.2, -0.15) is 4.98 Å². The van der Waals surface area contributed by atoms with E-state index >= 15 is 0 Å². The molecule has 30 heavy (non-hydrogen) atoms. The molecule has 0 spiro atoms. The van der Waals surface area contributed by atoms with E-state index in [-0.39, 0.29) is 4.90 Å². The third-order valence-electron chi connectivity index (χ3n) is 4.56. The van der Waals surface area contributed by atoms with E-state index in [9.17, 15) is 8.42 Å². The van der Waals surface area contributed by atoms with Gasteiger partial charge in [0, 0.05) is 12.1 Å². The number of imidazole rings is 1. The van der Waals surface area contributed by atoms with Crippen LogP contribution in [0.4, 0.5) is 0 Å². The smallest absolute Gasteiger partial charge is 0.238 e. The summed E-state index contributed by atoms with van der Waals surface area (Å²) in [5.74, 6) is 1.50. The van der Waals surface area contributed by atoms with E-state index in [0.29, 0.717) is 23.0 Å². The monoisotopic (exact) mass is 443 g/mol. The van der Waals surface area contributed by atoms with Gasteiger partial charge >= 0.3 is 0 Å². The summed E-state index contributed by atoms with van der Waals surface area (Å²) >= 11 is 1.47. The predicted molar refractivity (Wildman–Crippen MR) is 115 cm³/mol. The number of nitrogens with zero attached hydrogens (tertiary/aromatic N) is 4. The lowest BCUT2D eigenvalue weighted by atomic mass is 10.1. The van der Waals surface area contributed by atoms with Gasteiger partial charge in [-0.3, -0.25) is 0 Å². The van der Waals surface area contributed by atoms with Gasteiger partial charge in [-0.05, 0) is 31.5 Å². The molecule has 0 amide bonds. The molecule has 0 radical (unpaired) electrons. The van der Waals surface area contributed by atoms with Gasteiger partial charge in [0.2, 0.25) is 21.7 Å². The number of rotatable bonds is 7. The largest absolute Gasteiger partial charge is 0.338 e. The predicted octanol–water partition coefficient (Wildman–Crippen LogP) is 3.74. The fourth-order valence-corrected chi connectivity index (χ4v) is 4.49. The quantitative estimate of drug-likeness (QED) is 0.432. The van der Waals surface area contributed by atoms with Crippen LogP contribution >= 0.6 is 11.8 Å². The summed E-state index contributed by atoms with van der Waals surface area (Å²) in [6, 6.07) is 12.7. The highest BCUT2D eigenvalue weighted by Gasteiger charge is 2.16. The van der Waals surface area contributed by atoms with Crippen LogP contribution in [0.2, 0.25) is 0 Å². The molecule has 0 aliphatic rings. The van der Waals surface area contributed by atoms with Gasteiger partial charge in [-0.15, -0.1) is 0 Å². The van der Waals surface area contributed by atoms with Gasteiger partial charge < -0.3 is 9.09 Å². The highest BCUT2D eigenvalue weighted by Crippen LogP contribution is 2.28. The molecule has 8 nitrogen and oxygen atoms in total. The minimum Gasteiger partial charge on any atom is -0.338 e. The third kappa shape index (κ3) is 4.25. The first-order valence-corrected chi connectivity index (χ1v) is 11.9. The minimum atomic E-state index is -3.78. The fourth-order valence-electron chi connectivity index (χ4n) is 3.07. The highest BCUT2D eigenvalue weighted by atomic mass is 32.2. The van der Waals surface area contributed by atoms with Crippen LogP contribution in [-0.2, 0) is 22.3 Å². The first-order valence-electron chi connectivity index (χ1n) is 9.40. The highest BCUT2D eigenvalue weighted by molar-refractivity contribution is 7.98. The zero-order chi connectivity index (χ0) is 21.3. The van der Waals surface area contributed by atoms with Gasteiger partial charge in [-0.1, -0.05) is 53.7 Å². The van der Waals surface area contributed by atoms with E-state index < -0.39 is 10.0 Å². The van der Waals surface area contributed by atoms with Crippen molar-refractivity contribution in [2.75, 3.05) is 0 Å². The number of nitrogens with two attached hydrogens (primary N) is 1. The van der Waals surface area contributed by atoms with E-state index in [0.717, 1.165) is 29.2 Å². The summed E-state index contributed by atoms with van der Waals surface area (Å²) in [4.78, 5) is 9.13. The number of hydrogen-bond acceptors (Lipinski definition) is 7. The molecule has 0 saturated heterocycles. The number of hydrogen-bond donors (Lipinski definition) is 1. The fraction of sp³-hybridized carbons (Fsp3) is 0.250. The van der Waals surface area contributed by atoms with Crippen molar-refractivity contribution in [3.05, 3.63) is 53.9 Å². The molecule has 2 N–H and O–H groups in total. The van der Waals surface area contributed by atoms with E-state index in [1.165, 1.54) is 29.5 Å². The van der Waals surface area contributed by atoms with E-state index in [1.54, 1.807) is 6.07 Å². The number of benzene rings is 2. The van der Waals surface area contributed by atoms with Crippen molar-refractivity contribution < 1.29 is 12.9 Å². The van der Waals surface area contributed by atoms with Gasteiger partial charge in [0.1, 0.15) is 0 Å². The Balaban J connectivity index is 1.59. The number of primary sulfonamides is 1. The molecule has 0 unspecified atom stereocenters. The SMILES string of the molecule is CCCn1c(SCc2nc(-c3ccc(C)cc3)no2)nc2cc(S(N)(=O)=O)ccc21. The molecule has 0 aliphatic carbocycles. The van der Waals surface area contributed by atoms with Crippen LogP contribution in [0.15, 0.2) is 57.0 Å². The number of sulfonamides is 1. The van der Waals surface area contributed by atoms with Crippen molar-refractivity contribution in [1.82, 2.24) is 19.7 Å². The second-order valence-electron chi connectivity index (χ2n) is 6.91. The lowest BCUT2D eigenvalue weighted by Gasteiger charge is -2.06. The van der Waals surface area contributed by atoms with Crippen molar-refractivity contribution in [3.8, 4) is 11.4 Å². The van der Waals surface area contributed by atoms with Crippen LogP contribution in [0.25, 0.3) is 22.4 Å². The Hall–Kier alpha value is -2.69. The molecule has 0 atom stereocenters. The second kappa shape index (κ2) is 8.21. The topological polar surface area (TPSA) is 117 Å². The Kier molecular flexibility index (Phi) is 5.63. The maximum Gasteiger partial charge on any atom is 0.238 e. The molecule has 0 bridgehead atoms. The summed E-state index contributed by atoms with van der Waals surface area (Å²) in [5, 5.41) is 10.1. The molecule has 10 heteroatoms. The van der Waals surface area contributed by atoms with Gasteiger partial charge in [-0.25, -0.2) is 18.5 Å². The summed E-state index contributed by atoms with van der Waals surface area (Å²) < 4.78 is 30.8. The Morgan fingerprint density at radius 2 is 1.90 bits per heavy atom. The zero-order valence-electron chi connectivity index (χ0n) is 16.6. The number of thioether (sulfide) groups is 1. The second-order valence-corrected chi connectivity index (χ2v) is 9.41. The molecule has 156 valence electrons. The summed E-state index contributed by atoms with van der Waals surface area (Å²) in [6.07, 6.45) is 0.911. The van der Waals surface area contributed by atoms with Gasteiger partial charge in [0.25, 0.3) is 0 Å². The number of fused-ring (bicyclic) bond motifs is 1. The van der Waals surface area contributed by atoms with Crippen molar-refractivity contribution in [3.63, 3.8) is 0 Å². The van der Waals surface area contributed by atoms with E-state index in [4.69, 9.17) is 9.66 Å². The van der Waals surface area contributed by atoms with Crippen LogP contribution in [0, 0.1) is 6.92 Å². The minimum absolute atomic E-state index is 0.0485. The molecular weight excluding hydrogens is 422 g/mol. The standard InChI is InChI=1S/C20H21N5O3S2/c1-3-10-25-17-9-8-15(30(21,26)27)11-16(17)22-20(25)29-12-18-23-19(24-28-18)14-6-4-13(2)5-7-14/h4-9,11H,3,10,12H2,1-2H3,(H2,21,26,27). The number of aromatic nitrogens is 4. The first kappa shape index (κ1) is 20.6. The van der Waals surface area contributed by atoms with Crippen LogP contribution in [0.3, 0.4) is 0 Å². The molecule has 2 aromatic heterocycles. The Morgan fingerprint density at radius 3 is 2.60 bits per heavy atom. The molecule has 4 rings (SSSR count). The lowest BCUT2D eigenvalue weighted by molar-refractivity contribution is 0.391. The zero-order valence-corrected chi connectivity index (χ0v) is 18.2. The molecule has 0 fully saturated rings. The van der Waals surface area contributed by atoms with Crippen molar-refractivity contribution in [2.45, 2.75) is 42.6 Å². The Morgan fingerprint density at radius 1 is 1.13 bits per heavy atom. The van der Waals surface area contributed by atoms with Crippen LogP contribution in [-0.4, -0.2) is 28.1 Å². The van der Waals surface area contributed by atoms with Crippen LogP contribution in [0.5, 0.6) is 0 Å². The lowest BCUT2D eigenvalue weighted by Crippen LogP contribution is -2.11. The summed E-state index contributed by atoms with van der Waals surface area (Å²) in [6.45, 7) is 4.85. The molecular formula is C20H21N5O3S2. The maximum atomic E-state index is 11.7. The molecule has 2 heterocycles. The van der Waals surface area contributed by atoms with Crippen LogP contribution < -0.4 is 5.14 Å². The third-order valence-corrected chi connectivity index (χ3v) is 6.44. The molecule has 2 aromatic carbocycles. The van der Waals surface area contributed by atoms with Gasteiger partial charge in [0.05, 0.1) is 21.7 Å². The Labute approximate surface area is 178 Å². The first-order chi connectivity index (χ1) is 14.3. The molecule has 4 aromatic rings. The normalized spacial score (nSPS) is 12.0. The summed E-state index contributed by atoms with van der Waals surface area (Å²) in [7, 11) is -3.78.